The van der Waals surface area contributed by atoms with Crippen molar-refractivity contribution >= 4 is 79.0 Å². The standard InChI is InChI=1S/C57H58N16O6S/c1-7-9-28-70-46-48(66(5)56(78)71(52(46)76)31-44-58-34(3)38-20-12-14-24-42(38)62-44)64-54(70)68-26-16-18-36(29-68)60-50(74)40-22-10-11-23-41(40)51(75)61-37-19-17-27-69(30-37)55-65-49-47(73(55)33-80-8-2)53(77)72(57(79)67(49)6)32-45-59-35(4)39-21-13-15-25-43(39)63-45/h10-15,20-25,36-37H,16-19,26-33H2,1-6H3,(H,60,74)(H,61,75)/t36-,37+/m0/s1. The molecule has 80 heavy (non-hydrogen) atoms. The van der Waals surface area contributed by atoms with Crippen molar-refractivity contribution in [2.45, 2.75) is 91.0 Å². The van der Waals surface area contributed by atoms with E-state index in [2.05, 4.69) is 47.6 Å². The molecule has 2 aliphatic heterocycles. The second-order valence-electron chi connectivity index (χ2n) is 20.1. The molecule has 11 rings (SSSR count). The molecule has 6 aromatic heterocycles. The lowest BCUT2D eigenvalue weighted by Gasteiger charge is -2.34. The summed E-state index contributed by atoms with van der Waals surface area (Å²) in [5.74, 6) is 7.01. The summed E-state index contributed by atoms with van der Waals surface area (Å²) >= 11 is 1.36. The molecule has 0 saturated carbocycles. The highest BCUT2D eigenvalue weighted by atomic mass is 32.1. The summed E-state index contributed by atoms with van der Waals surface area (Å²) in [7, 11) is 3.17. The van der Waals surface area contributed by atoms with E-state index in [1.165, 1.54) is 20.3 Å². The summed E-state index contributed by atoms with van der Waals surface area (Å²) in [6.45, 7) is 8.86. The number of hydrogen-bond acceptors (Lipinski definition) is 14. The fourth-order valence-electron chi connectivity index (χ4n) is 11.0. The Kier molecular flexibility index (Phi) is 14.4. The first-order valence-electron chi connectivity index (χ1n) is 26.5. The van der Waals surface area contributed by atoms with Crippen LogP contribution in [-0.4, -0.2) is 107 Å². The Morgan fingerprint density at radius 3 is 1.52 bits per heavy atom. The third-order valence-electron chi connectivity index (χ3n) is 15.0. The van der Waals surface area contributed by atoms with Gasteiger partial charge in [-0.05, 0) is 77.6 Å². The van der Waals surface area contributed by atoms with Crippen LogP contribution in [-0.2, 0) is 39.6 Å². The first kappa shape index (κ1) is 52.8. The van der Waals surface area contributed by atoms with Gasteiger partial charge in [-0.2, -0.15) is 9.97 Å². The van der Waals surface area contributed by atoms with E-state index in [4.69, 9.17) is 9.97 Å². The summed E-state index contributed by atoms with van der Waals surface area (Å²) in [4.78, 5) is 118. The van der Waals surface area contributed by atoms with Crippen molar-refractivity contribution in [2.24, 2.45) is 14.1 Å². The number of para-hydroxylation sites is 2. The van der Waals surface area contributed by atoms with Gasteiger partial charge >= 0.3 is 11.4 Å². The minimum Gasteiger partial charge on any atom is -0.348 e. The monoisotopic (exact) mass is 1090 g/mol. The first-order valence-corrected chi connectivity index (χ1v) is 27.4. The minimum atomic E-state index is -0.566. The molecule has 0 spiro atoms. The van der Waals surface area contributed by atoms with Crippen LogP contribution in [0.1, 0.15) is 83.3 Å². The molecule has 2 saturated heterocycles. The molecule has 3 aromatic carbocycles. The van der Waals surface area contributed by atoms with Gasteiger partial charge in [-0.1, -0.05) is 59.6 Å². The van der Waals surface area contributed by atoms with Crippen LogP contribution in [0.2, 0.25) is 0 Å². The number of carbonyl (C=O) groups excluding carboxylic acids is 2. The number of anilines is 2. The molecule has 23 heteroatoms. The molecule has 0 unspecified atom stereocenters. The van der Waals surface area contributed by atoms with E-state index in [0.717, 1.165) is 31.3 Å². The summed E-state index contributed by atoms with van der Waals surface area (Å²) in [5.41, 5.74) is 1.99. The van der Waals surface area contributed by atoms with Crippen molar-refractivity contribution in [3.63, 3.8) is 0 Å². The SMILES string of the molecule is CC#CCn1c(N2CCC[C@H](NC(=O)c3ccccc3C(=O)N[C@@H]3CCCN(c4nc5c(c(=O)n(Cc6nc(C)c7ccccc7n6)c(=O)n5C)n4CS#CC)C3)C2)nc2c1c(=O)n(Cc1nc(C)c3ccccc3n1)c(=O)n2C. The van der Waals surface area contributed by atoms with Gasteiger partial charge in [0.15, 0.2) is 22.3 Å². The van der Waals surface area contributed by atoms with Crippen LogP contribution in [0.4, 0.5) is 11.9 Å². The van der Waals surface area contributed by atoms with Crippen LogP contribution in [0, 0.1) is 30.9 Å². The molecular formula is C57H58N16O6S. The third kappa shape index (κ3) is 9.76. The van der Waals surface area contributed by atoms with Crippen molar-refractivity contribution < 1.29 is 9.59 Å². The third-order valence-corrected chi connectivity index (χ3v) is 15.6. The lowest BCUT2D eigenvalue weighted by molar-refractivity contribution is 0.0898. The van der Waals surface area contributed by atoms with Crippen molar-refractivity contribution in [3.8, 4) is 17.0 Å². The van der Waals surface area contributed by atoms with Gasteiger partial charge in [-0.3, -0.25) is 46.6 Å². The van der Waals surface area contributed by atoms with Crippen LogP contribution in [0.25, 0.3) is 44.1 Å². The Balaban J connectivity index is 0.814. The quantitative estimate of drug-likeness (QED) is 0.163. The maximum absolute atomic E-state index is 14.5. The second-order valence-corrected chi connectivity index (χ2v) is 21.1. The van der Waals surface area contributed by atoms with E-state index in [-0.39, 0.29) is 71.0 Å². The van der Waals surface area contributed by atoms with E-state index in [0.29, 0.717) is 86.4 Å². The number of aryl methyl sites for hydroxylation is 4. The molecule has 2 N–H and O–H groups in total. The van der Waals surface area contributed by atoms with Crippen LogP contribution in [0.5, 0.6) is 0 Å². The van der Waals surface area contributed by atoms with Gasteiger partial charge in [0.1, 0.15) is 11.6 Å². The Morgan fingerprint density at radius 1 is 0.600 bits per heavy atom. The molecule has 2 fully saturated rings. The van der Waals surface area contributed by atoms with Crippen LogP contribution >= 0.6 is 11.2 Å². The molecule has 22 nitrogen and oxygen atoms in total. The molecule has 0 bridgehead atoms. The number of fused-ring (bicyclic) bond motifs is 4. The van der Waals surface area contributed by atoms with Crippen molar-refractivity contribution in [1.29, 1.82) is 0 Å². The molecule has 9 aromatic rings. The molecule has 2 aliphatic rings. The van der Waals surface area contributed by atoms with E-state index >= 15 is 0 Å². The number of amides is 2. The van der Waals surface area contributed by atoms with Crippen molar-refractivity contribution in [3.05, 3.63) is 149 Å². The summed E-state index contributed by atoms with van der Waals surface area (Å²) in [6.07, 6.45) is 2.63. The topological polar surface area (TPSA) is 240 Å². The highest BCUT2D eigenvalue weighted by molar-refractivity contribution is 7.87. The van der Waals surface area contributed by atoms with Crippen LogP contribution in [0.3, 0.4) is 0 Å². The lowest BCUT2D eigenvalue weighted by Crippen LogP contribution is -2.50. The zero-order valence-electron chi connectivity index (χ0n) is 45.2. The predicted octanol–water partition coefficient (Wildman–Crippen LogP) is 4.20. The Bertz CT molecular complexity index is 4120. The highest BCUT2D eigenvalue weighted by Crippen LogP contribution is 2.27. The second kappa shape index (κ2) is 21.9. The van der Waals surface area contributed by atoms with Gasteiger partial charge < -0.3 is 20.4 Å². The Morgan fingerprint density at radius 2 is 1.05 bits per heavy atom. The summed E-state index contributed by atoms with van der Waals surface area (Å²) in [6, 6.07) is 21.1. The number of benzene rings is 3. The number of piperidine rings is 2. The number of imidazole rings is 2. The highest BCUT2D eigenvalue weighted by Gasteiger charge is 2.32. The van der Waals surface area contributed by atoms with Gasteiger partial charge in [0.05, 0.1) is 47.7 Å². The maximum Gasteiger partial charge on any atom is 0.332 e. The van der Waals surface area contributed by atoms with Gasteiger partial charge in [-0.15, -0.1) is 17.1 Å². The number of hydrogen-bond donors (Lipinski definition) is 2. The first-order chi connectivity index (χ1) is 38.7. The number of aromatic nitrogens is 12. The van der Waals surface area contributed by atoms with Gasteiger partial charge in [-0.25, -0.2) is 29.5 Å². The molecule has 408 valence electrons. The number of nitrogens with zero attached hydrogens (tertiary/aromatic N) is 14. The molecular weight excluding hydrogens is 1040 g/mol. The van der Waals surface area contributed by atoms with E-state index < -0.39 is 34.3 Å². The van der Waals surface area contributed by atoms with E-state index in [9.17, 15) is 28.8 Å². The van der Waals surface area contributed by atoms with Crippen LogP contribution < -0.4 is 42.9 Å². The molecule has 8 heterocycles. The molecule has 2 atom stereocenters. The molecule has 0 aliphatic carbocycles. The molecule has 0 radical (unpaired) electrons. The predicted molar refractivity (Wildman–Crippen MR) is 308 cm³/mol. The normalized spacial score (nSPS) is 15.5. The largest absolute Gasteiger partial charge is 0.348 e. The molecule has 2 amide bonds. The zero-order valence-corrected chi connectivity index (χ0v) is 46.0. The van der Waals surface area contributed by atoms with Crippen molar-refractivity contribution in [2.75, 3.05) is 36.0 Å². The van der Waals surface area contributed by atoms with Gasteiger partial charge in [0.2, 0.25) is 11.9 Å². The van der Waals surface area contributed by atoms with Gasteiger partial charge in [0, 0.05) is 74.5 Å². The zero-order chi connectivity index (χ0) is 55.9. The summed E-state index contributed by atoms with van der Waals surface area (Å²) in [5, 5.41) is 11.2. The fraction of sp³-hybridized carbons (Fsp3) is 0.351. The average Bonchev–Trinajstić information content (AvgIpc) is 4.08. The summed E-state index contributed by atoms with van der Waals surface area (Å²) < 4.78 is 8.53. The van der Waals surface area contributed by atoms with Crippen molar-refractivity contribution in [1.82, 2.24) is 67.9 Å². The smallest absolute Gasteiger partial charge is 0.332 e. The number of rotatable bonds is 12. The number of nitrogens with one attached hydrogen (secondary N) is 2. The Labute approximate surface area is 461 Å². The Hall–Kier alpha value is -9.26. The van der Waals surface area contributed by atoms with Gasteiger partial charge in [0.25, 0.3) is 22.9 Å². The lowest BCUT2D eigenvalue weighted by atomic mass is 10.0. The fourth-order valence-corrected chi connectivity index (χ4v) is 11.5. The maximum atomic E-state index is 14.5. The minimum absolute atomic E-state index is 0.122. The number of carbonyl (C=O) groups is 2. The average molecular weight is 1100 g/mol. The van der Waals surface area contributed by atoms with E-state index in [1.54, 1.807) is 61.3 Å². The van der Waals surface area contributed by atoms with E-state index in [1.807, 2.05) is 72.2 Å². The van der Waals surface area contributed by atoms with Crippen LogP contribution in [0.15, 0.2) is 92.0 Å².